The molecule has 0 atom stereocenters. The van der Waals surface area contributed by atoms with Gasteiger partial charge < -0.3 is 14.8 Å². The summed E-state index contributed by atoms with van der Waals surface area (Å²) in [6.07, 6.45) is 1.47. The molecule has 0 saturated heterocycles. The molecule has 34 heavy (non-hydrogen) atoms. The van der Waals surface area contributed by atoms with Crippen molar-refractivity contribution in [2.24, 2.45) is 0 Å². The zero-order valence-electron chi connectivity index (χ0n) is 17.9. The molecule has 0 aliphatic carbocycles. The first kappa shape index (κ1) is 26.2. The molecule has 0 radical (unpaired) electrons. The van der Waals surface area contributed by atoms with E-state index in [4.69, 9.17) is 44.3 Å². The van der Waals surface area contributed by atoms with Crippen LogP contribution in [0.4, 0.5) is 5.69 Å². The van der Waals surface area contributed by atoms with E-state index in [1.165, 1.54) is 6.08 Å². The van der Waals surface area contributed by atoms with E-state index in [9.17, 15) is 10.1 Å². The van der Waals surface area contributed by atoms with Gasteiger partial charge in [-0.15, -0.1) is 0 Å². The number of rotatable bonds is 8. The highest BCUT2D eigenvalue weighted by Crippen LogP contribution is 2.36. The summed E-state index contributed by atoms with van der Waals surface area (Å²) in [4.78, 5) is 12.7. The number of halogens is 4. The van der Waals surface area contributed by atoms with Crippen molar-refractivity contribution < 1.29 is 14.3 Å². The lowest BCUT2D eigenvalue weighted by Gasteiger charge is -2.15. The molecule has 0 saturated carbocycles. The predicted molar refractivity (Wildman–Crippen MR) is 145 cm³/mol. The van der Waals surface area contributed by atoms with Crippen molar-refractivity contribution in [2.75, 3.05) is 11.9 Å². The number of carbonyl (C=O) groups is 1. The van der Waals surface area contributed by atoms with E-state index in [0.717, 1.165) is 9.13 Å². The first-order valence-electron chi connectivity index (χ1n) is 10.0. The average Bonchev–Trinajstić information content (AvgIpc) is 2.81. The molecule has 0 aliphatic heterocycles. The van der Waals surface area contributed by atoms with Gasteiger partial charge in [0.15, 0.2) is 11.5 Å². The van der Waals surface area contributed by atoms with Gasteiger partial charge in [-0.25, -0.2) is 0 Å². The number of amides is 1. The maximum Gasteiger partial charge on any atom is 0.266 e. The van der Waals surface area contributed by atoms with Crippen LogP contribution in [0.1, 0.15) is 18.1 Å². The highest BCUT2D eigenvalue weighted by atomic mass is 127. The Bertz CT molecular complexity index is 1290. The minimum absolute atomic E-state index is 0.112. The molecule has 3 rings (SSSR count). The summed E-state index contributed by atoms with van der Waals surface area (Å²) in [6.45, 7) is 2.53. The molecular weight excluding hydrogens is 610 g/mol. The van der Waals surface area contributed by atoms with Gasteiger partial charge in [-0.2, -0.15) is 5.26 Å². The Kier molecular flexibility index (Phi) is 9.48. The highest BCUT2D eigenvalue weighted by molar-refractivity contribution is 14.1. The monoisotopic (exact) mass is 626 g/mol. The number of ether oxygens (including phenoxy) is 2. The Labute approximate surface area is 226 Å². The normalized spacial score (nSPS) is 11.0. The third-order valence-electron chi connectivity index (χ3n) is 4.54. The molecule has 5 nitrogen and oxygen atoms in total. The highest BCUT2D eigenvalue weighted by Gasteiger charge is 2.16. The number of benzene rings is 3. The molecule has 0 aliphatic rings. The van der Waals surface area contributed by atoms with Gasteiger partial charge in [-0.1, -0.05) is 59.1 Å². The maximum absolute atomic E-state index is 12.7. The number of nitriles is 1. The van der Waals surface area contributed by atoms with Gasteiger partial charge in [0.1, 0.15) is 18.2 Å². The minimum atomic E-state index is -0.612. The molecule has 1 amide bonds. The van der Waals surface area contributed by atoms with E-state index in [1.807, 2.05) is 31.2 Å². The molecule has 0 fully saturated rings. The Morgan fingerprint density at radius 1 is 1.09 bits per heavy atom. The Morgan fingerprint density at radius 2 is 1.82 bits per heavy atom. The number of anilines is 1. The summed E-state index contributed by atoms with van der Waals surface area (Å²) in [6, 6.07) is 17.7. The Hall–Kier alpha value is -2.44. The van der Waals surface area contributed by atoms with Crippen molar-refractivity contribution in [1.29, 1.82) is 5.26 Å². The first-order chi connectivity index (χ1) is 16.3. The van der Waals surface area contributed by atoms with Crippen LogP contribution >= 0.6 is 57.4 Å². The van der Waals surface area contributed by atoms with Crippen molar-refractivity contribution in [3.8, 4) is 17.6 Å². The molecule has 0 aromatic heterocycles. The largest absolute Gasteiger partial charge is 0.490 e. The fourth-order valence-corrected chi connectivity index (χ4v) is 4.26. The maximum atomic E-state index is 12.7. The van der Waals surface area contributed by atoms with Gasteiger partial charge in [0, 0.05) is 10.6 Å². The van der Waals surface area contributed by atoms with Crippen molar-refractivity contribution >= 4 is 75.1 Å². The summed E-state index contributed by atoms with van der Waals surface area (Å²) in [7, 11) is 0. The van der Waals surface area contributed by atoms with E-state index >= 15 is 0 Å². The van der Waals surface area contributed by atoms with Gasteiger partial charge in [0.25, 0.3) is 5.91 Å². The lowest BCUT2D eigenvalue weighted by Crippen LogP contribution is -2.13. The second-order valence-corrected chi connectivity index (χ2v) is 9.22. The molecule has 1 N–H and O–H groups in total. The molecule has 0 heterocycles. The van der Waals surface area contributed by atoms with Crippen LogP contribution in [-0.4, -0.2) is 12.5 Å². The van der Waals surface area contributed by atoms with Crippen LogP contribution in [0.5, 0.6) is 11.5 Å². The lowest BCUT2D eigenvalue weighted by atomic mass is 10.1. The summed E-state index contributed by atoms with van der Waals surface area (Å²) in [5, 5.41) is 13.3. The van der Waals surface area contributed by atoms with E-state index in [-0.39, 0.29) is 17.2 Å². The second-order valence-electron chi connectivity index (χ2n) is 6.87. The van der Waals surface area contributed by atoms with Crippen LogP contribution < -0.4 is 14.8 Å². The van der Waals surface area contributed by atoms with Crippen LogP contribution in [-0.2, 0) is 11.4 Å². The Morgan fingerprint density at radius 3 is 2.53 bits per heavy atom. The number of hydrogen-bond donors (Lipinski definition) is 1. The quantitative estimate of drug-likeness (QED) is 0.157. The fraction of sp³-hybridized carbons (Fsp3) is 0.120. The van der Waals surface area contributed by atoms with Gasteiger partial charge in [-0.3, -0.25) is 4.79 Å². The molecule has 174 valence electrons. The number of carbonyl (C=O) groups excluding carboxylic acids is 1. The lowest BCUT2D eigenvalue weighted by molar-refractivity contribution is -0.112. The molecule has 3 aromatic rings. The number of nitrogens with zero attached hydrogens (tertiary/aromatic N) is 1. The van der Waals surface area contributed by atoms with Crippen molar-refractivity contribution in [3.63, 3.8) is 0 Å². The van der Waals surface area contributed by atoms with E-state index in [2.05, 4.69) is 27.9 Å². The predicted octanol–water partition coefficient (Wildman–Crippen LogP) is 7.77. The molecule has 0 unspecified atom stereocenters. The SMILES string of the molecule is CCOc1cc(/C=C(/C#N)C(=O)Nc2cccc(Cl)c2Cl)cc(I)c1OCc1ccccc1Cl. The zero-order valence-corrected chi connectivity index (χ0v) is 22.3. The molecule has 9 heteroatoms. The van der Waals surface area contributed by atoms with Crippen LogP contribution in [0.15, 0.2) is 60.2 Å². The van der Waals surface area contributed by atoms with Gasteiger partial charge in [0.2, 0.25) is 0 Å². The van der Waals surface area contributed by atoms with Gasteiger partial charge >= 0.3 is 0 Å². The van der Waals surface area contributed by atoms with Gasteiger partial charge in [0.05, 0.1) is 25.9 Å². The summed E-state index contributed by atoms with van der Waals surface area (Å²) >= 11 is 20.5. The van der Waals surface area contributed by atoms with Crippen LogP contribution in [0.3, 0.4) is 0 Å². The van der Waals surface area contributed by atoms with Crippen LogP contribution in [0.25, 0.3) is 6.08 Å². The van der Waals surface area contributed by atoms with E-state index < -0.39 is 5.91 Å². The van der Waals surface area contributed by atoms with Gasteiger partial charge in [-0.05, 0) is 71.5 Å². The summed E-state index contributed by atoms with van der Waals surface area (Å²) in [5.74, 6) is 0.426. The summed E-state index contributed by atoms with van der Waals surface area (Å²) < 4.78 is 12.5. The number of hydrogen-bond acceptors (Lipinski definition) is 4. The summed E-state index contributed by atoms with van der Waals surface area (Å²) in [5.41, 5.74) is 1.64. The average molecular weight is 628 g/mol. The second kappa shape index (κ2) is 12.3. The van der Waals surface area contributed by atoms with E-state index in [0.29, 0.717) is 39.4 Å². The minimum Gasteiger partial charge on any atom is -0.490 e. The van der Waals surface area contributed by atoms with Crippen molar-refractivity contribution in [1.82, 2.24) is 0 Å². The smallest absolute Gasteiger partial charge is 0.266 e. The number of nitrogens with one attached hydrogen (secondary N) is 1. The third-order valence-corrected chi connectivity index (χ3v) is 6.53. The Balaban J connectivity index is 1.87. The fourth-order valence-electron chi connectivity index (χ4n) is 2.94. The van der Waals surface area contributed by atoms with Crippen molar-refractivity contribution in [2.45, 2.75) is 13.5 Å². The third kappa shape index (κ3) is 6.57. The molecular formula is C25H18Cl3IN2O3. The molecule has 0 spiro atoms. The van der Waals surface area contributed by atoms with Crippen LogP contribution in [0, 0.1) is 14.9 Å². The molecule has 0 bridgehead atoms. The topological polar surface area (TPSA) is 71.3 Å². The standard InChI is InChI=1S/C25H18Cl3IN2O3/c1-2-33-22-12-15(11-20(29)24(22)34-14-16-6-3-4-7-18(16)26)10-17(13-30)25(32)31-21-9-5-8-19(27)23(21)28/h3-12H,2,14H2,1H3,(H,31,32)/b17-10-. The zero-order chi connectivity index (χ0) is 24.7. The first-order valence-corrected chi connectivity index (χ1v) is 12.2. The van der Waals surface area contributed by atoms with Crippen LogP contribution in [0.2, 0.25) is 15.1 Å². The van der Waals surface area contributed by atoms with Crippen molar-refractivity contribution in [3.05, 3.63) is 89.9 Å². The van der Waals surface area contributed by atoms with E-state index in [1.54, 1.807) is 36.4 Å². The molecule has 3 aromatic carbocycles.